The van der Waals surface area contributed by atoms with E-state index in [1.807, 2.05) is 30.3 Å². The van der Waals surface area contributed by atoms with Gasteiger partial charge in [-0.3, -0.25) is 14.7 Å². The zero-order valence-electron chi connectivity index (χ0n) is 18.3. The summed E-state index contributed by atoms with van der Waals surface area (Å²) in [5, 5.41) is 3.10. The van der Waals surface area contributed by atoms with Gasteiger partial charge in [0.05, 0.1) is 6.17 Å². The average Bonchev–Trinajstić information content (AvgIpc) is 2.74. The molecule has 2 aromatic rings. The molecule has 1 aromatic carbocycles. The highest BCUT2D eigenvalue weighted by atomic mass is 16.2. The van der Waals surface area contributed by atoms with Crippen LogP contribution in [-0.2, 0) is 0 Å². The summed E-state index contributed by atoms with van der Waals surface area (Å²) in [6, 6.07) is 11.0. The molecule has 1 unspecified atom stereocenters. The molecule has 1 aromatic heterocycles. The van der Waals surface area contributed by atoms with E-state index in [-0.39, 0.29) is 17.4 Å². The first-order chi connectivity index (χ1) is 14.6. The van der Waals surface area contributed by atoms with Crippen molar-refractivity contribution in [2.75, 3.05) is 38.0 Å². The Bertz CT molecular complexity index is 853. The van der Waals surface area contributed by atoms with Gasteiger partial charge in [-0.25, -0.2) is 9.36 Å². The van der Waals surface area contributed by atoms with Crippen LogP contribution in [0.4, 0.5) is 11.5 Å². The third-order valence-corrected chi connectivity index (χ3v) is 5.77. The molecule has 1 atom stereocenters. The molecule has 3 rings (SSSR count). The SMILES string of the molecule is CCCCCN1CCN(C(CCC)n2c(=O)cc(Nc3ccccc3)[nH]c2=O)CC1. The van der Waals surface area contributed by atoms with Crippen LogP contribution in [0.15, 0.2) is 46.0 Å². The molecule has 0 saturated carbocycles. The molecule has 0 bridgehead atoms. The Labute approximate surface area is 178 Å². The molecular formula is C23H35N5O2. The lowest BCUT2D eigenvalue weighted by molar-refractivity contribution is 0.0550. The first kappa shape index (κ1) is 22.3. The maximum absolute atomic E-state index is 12.9. The standard InChI is InChI=1S/C23H35N5O2/c1-3-5-9-13-26-14-16-27(17-15-26)21(10-4-2)28-22(29)18-20(25-23(28)30)24-19-11-7-6-8-12-19/h6-8,11-12,18,21,24H,3-5,9-10,13-17H2,1-2H3,(H,25,30). The van der Waals surface area contributed by atoms with Crippen LogP contribution in [0.25, 0.3) is 0 Å². The van der Waals surface area contributed by atoms with Crippen LogP contribution in [-0.4, -0.2) is 52.1 Å². The van der Waals surface area contributed by atoms with Crippen LogP contribution in [0.5, 0.6) is 0 Å². The van der Waals surface area contributed by atoms with Crippen molar-refractivity contribution in [1.29, 1.82) is 0 Å². The fraction of sp³-hybridized carbons (Fsp3) is 0.565. The molecule has 0 spiro atoms. The van der Waals surface area contributed by atoms with Gasteiger partial charge in [-0.1, -0.05) is 51.3 Å². The van der Waals surface area contributed by atoms with Crippen molar-refractivity contribution in [1.82, 2.24) is 19.4 Å². The first-order valence-corrected chi connectivity index (χ1v) is 11.3. The topological polar surface area (TPSA) is 73.4 Å². The number of aromatic nitrogens is 2. The van der Waals surface area contributed by atoms with Crippen molar-refractivity contribution in [2.45, 2.75) is 52.1 Å². The summed E-state index contributed by atoms with van der Waals surface area (Å²) >= 11 is 0. The molecule has 1 aliphatic rings. The molecule has 30 heavy (non-hydrogen) atoms. The predicted molar refractivity (Wildman–Crippen MR) is 123 cm³/mol. The van der Waals surface area contributed by atoms with Crippen LogP contribution in [0.2, 0.25) is 0 Å². The monoisotopic (exact) mass is 413 g/mol. The predicted octanol–water partition coefficient (Wildman–Crippen LogP) is 3.39. The van der Waals surface area contributed by atoms with Gasteiger partial charge in [0, 0.05) is 37.9 Å². The molecule has 0 radical (unpaired) electrons. The number of H-pyrrole nitrogens is 1. The molecule has 1 saturated heterocycles. The smallest absolute Gasteiger partial charge is 0.331 e. The van der Waals surface area contributed by atoms with Gasteiger partial charge in [0.1, 0.15) is 5.82 Å². The molecule has 2 N–H and O–H groups in total. The van der Waals surface area contributed by atoms with Crippen molar-refractivity contribution in [3.05, 3.63) is 57.2 Å². The van der Waals surface area contributed by atoms with Crippen LogP contribution in [0.3, 0.4) is 0 Å². The van der Waals surface area contributed by atoms with E-state index in [0.717, 1.165) is 51.3 Å². The van der Waals surface area contributed by atoms with Crippen molar-refractivity contribution in [3.63, 3.8) is 0 Å². The van der Waals surface area contributed by atoms with Gasteiger partial charge < -0.3 is 10.2 Å². The third-order valence-electron chi connectivity index (χ3n) is 5.77. The molecule has 2 heterocycles. The Kier molecular flexibility index (Phi) is 8.28. The minimum absolute atomic E-state index is 0.199. The minimum atomic E-state index is -0.357. The quantitative estimate of drug-likeness (QED) is 0.584. The van der Waals surface area contributed by atoms with E-state index in [9.17, 15) is 9.59 Å². The zero-order chi connectivity index (χ0) is 21.3. The molecule has 0 aliphatic carbocycles. The van der Waals surface area contributed by atoms with E-state index in [2.05, 4.69) is 33.9 Å². The van der Waals surface area contributed by atoms with Crippen molar-refractivity contribution < 1.29 is 0 Å². The van der Waals surface area contributed by atoms with Crippen LogP contribution < -0.4 is 16.6 Å². The van der Waals surface area contributed by atoms with E-state index < -0.39 is 0 Å². The molecule has 7 nitrogen and oxygen atoms in total. The summed E-state index contributed by atoms with van der Waals surface area (Å²) in [5.74, 6) is 0.420. The molecular weight excluding hydrogens is 378 g/mol. The summed E-state index contributed by atoms with van der Waals surface area (Å²) in [5.41, 5.74) is 0.209. The highest BCUT2D eigenvalue weighted by Gasteiger charge is 2.26. The van der Waals surface area contributed by atoms with Crippen LogP contribution in [0.1, 0.15) is 52.1 Å². The Morgan fingerprint density at radius 1 is 1.00 bits per heavy atom. The Morgan fingerprint density at radius 3 is 2.37 bits per heavy atom. The number of aromatic amines is 1. The highest BCUT2D eigenvalue weighted by molar-refractivity contribution is 5.54. The Balaban J connectivity index is 1.73. The molecule has 1 aliphatic heterocycles. The molecule has 1 fully saturated rings. The van der Waals surface area contributed by atoms with Crippen LogP contribution >= 0.6 is 0 Å². The van der Waals surface area contributed by atoms with E-state index in [0.29, 0.717) is 5.82 Å². The number of nitrogens with zero attached hydrogens (tertiary/aromatic N) is 3. The van der Waals surface area contributed by atoms with Gasteiger partial charge in [0.2, 0.25) is 0 Å². The van der Waals surface area contributed by atoms with Gasteiger partial charge in [0.25, 0.3) is 5.56 Å². The second kappa shape index (κ2) is 11.1. The average molecular weight is 414 g/mol. The number of benzene rings is 1. The van der Waals surface area contributed by atoms with Gasteiger partial charge in [-0.05, 0) is 31.5 Å². The Morgan fingerprint density at radius 2 is 1.73 bits per heavy atom. The number of unbranched alkanes of at least 4 members (excludes halogenated alkanes) is 2. The summed E-state index contributed by atoms with van der Waals surface area (Å²) in [6.45, 7) is 9.20. The Hall–Kier alpha value is -2.38. The second-order valence-electron chi connectivity index (χ2n) is 8.04. The lowest BCUT2D eigenvalue weighted by atomic mass is 10.2. The largest absolute Gasteiger partial charge is 0.342 e. The van der Waals surface area contributed by atoms with E-state index in [1.54, 1.807) is 0 Å². The number of anilines is 2. The number of rotatable bonds is 10. The third kappa shape index (κ3) is 5.83. The first-order valence-electron chi connectivity index (χ1n) is 11.3. The summed E-state index contributed by atoms with van der Waals surface area (Å²) in [7, 11) is 0. The number of nitrogens with one attached hydrogen (secondary N) is 2. The lowest BCUT2D eigenvalue weighted by Gasteiger charge is -2.39. The number of para-hydroxylation sites is 1. The highest BCUT2D eigenvalue weighted by Crippen LogP contribution is 2.19. The lowest BCUT2D eigenvalue weighted by Crippen LogP contribution is -2.52. The van der Waals surface area contributed by atoms with Crippen LogP contribution in [0, 0.1) is 0 Å². The van der Waals surface area contributed by atoms with E-state index in [4.69, 9.17) is 0 Å². The zero-order valence-corrected chi connectivity index (χ0v) is 18.3. The number of piperazine rings is 1. The van der Waals surface area contributed by atoms with E-state index in [1.165, 1.54) is 29.9 Å². The second-order valence-corrected chi connectivity index (χ2v) is 8.04. The van der Waals surface area contributed by atoms with Crippen molar-refractivity contribution in [2.24, 2.45) is 0 Å². The summed E-state index contributed by atoms with van der Waals surface area (Å²) in [6.07, 6.45) is 5.24. The molecule has 0 amide bonds. The van der Waals surface area contributed by atoms with Crippen molar-refractivity contribution >= 4 is 11.5 Å². The van der Waals surface area contributed by atoms with Gasteiger partial charge in [-0.2, -0.15) is 0 Å². The minimum Gasteiger partial charge on any atom is -0.342 e. The summed E-state index contributed by atoms with van der Waals surface area (Å²) in [4.78, 5) is 33.4. The van der Waals surface area contributed by atoms with Gasteiger partial charge >= 0.3 is 5.69 Å². The van der Waals surface area contributed by atoms with Gasteiger partial charge in [0.15, 0.2) is 0 Å². The number of hydrogen-bond acceptors (Lipinski definition) is 5. The maximum Gasteiger partial charge on any atom is 0.331 e. The maximum atomic E-state index is 12.9. The molecule has 7 heteroatoms. The molecule has 164 valence electrons. The normalized spacial score (nSPS) is 16.5. The summed E-state index contributed by atoms with van der Waals surface area (Å²) < 4.78 is 1.40. The van der Waals surface area contributed by atoms with Crippen molar-refractivity contribution in [3.8, 4) is 0 Å². The van der Waals surface area contributed by atoms with Gasteiger partial charge in [-0.15, -0.1) is 0 Å². The fourth-order valence-electron chi connectivity index (χ4n) is 4.13. The number of hydrogen-bond donors (Lipinski definition) is 2. The fourth-order valence-corrected chi connectivity index (χ4v) is 4.13. The van der Waals surface area contributed by atoms with E-state index >= 15 is 0 Å².